The zero-order valence-corrected chi connectivity index (χ0v) is 11.1. The number of carbonyl (C=O) groups excluding carboxylic acids is 1. The van der Waals surface area contributed by atoms with Crippen molar-refractivity contribution in [1.82, 2.24) is 10.2 Å². The smallest absolute Gasteiger partial charge is 0.318 e. The van der Waals surface area contributed by atoms with Crippen LogP contribution in [-0.4, -0.2) is 54.5 Å². The second-order valence-corrected chi connectivity index (χ2v) is 5.29. The van der Waals surface area contributed by atoms with Crippen molar-refractivity contribution in [1.29, 1.82) is 0 Å². The first kappa shape index (κ1) is 13.6. The van der Waals surface area contributed by atoms with E-state index in [1.165, 1.54) is 6.42 Å². The summed E-state index contributed by atoms with van der Waals surface area (Å²) >= 11 is 0. The van der Waals surface area contributed by atoms with E-state index in [4.69, 9.17) is 4.74 Å². The molecule has 18 heavy (non-hydrogen) atoms. The minimum atomic E-state index is -0.0412. The summed E-state index contributed by atoms with van der Waals surface area (Å²) in [5.41, 5.74) is 0. The molecule has 0 radical (unpaired) electrons. The first-order valence-electron chi connectivity index (χ1n) is 6.97. The lowest BCUT2D eigenvalue weighted by atomic mass is 9.92. The molecule has 1 aliphatic heterocycles. The molecule has 5 nitrogen and oxygen atoms in total. The molecule has 2 rings (SSSR count). The first-order chi connectivity index (χ1) is 8.76. The minimum Gasteiger partial charge on any atom is -0.394 e. The predicted octanol–water partition coefficient (Wildman–Crippen LogP) is 1.11. The van der Waals surface area contributed by atoms with Crippen LogP contribution in [0.4, 0.5) is 4.79 Å². The summed E-state index contributed by atoms with van der Waals surface area (Å²) < 4.78 is 5.44. The number of aliphatic hydroxyl groups excluding tert-OH is 1. The van der Waals surface area contributed by atoms with Crippen molar-refractivity contribution in [3.8, 4) is 0 Å². The number of urea groups is 1. The number of nitrogens with zero attached hydrogens (tertiary/aromatic N) is 1. The fraction of sp³-hybridized carbons (Fsp3) is 0.923. The van der Waals surface area contributed by atoms with Gasteiger partial charge in [-0.2, -0.15) is 0 Å². The molecule has 2 aliphatic rings. The number of methoxy groups -OCH3 is 1. The zero-order valence-electron chi connectivity index (χ0n) is 11.1. The van der Waals surface area contributed by atoms with Crippen LogP contribution in [0, 0.1) is 0 Å². The van der Waals surface area contributed by atoms with Gasteiger partial charge in [-0.25, -0.2) is 4.79 Å². The lowest BCUT2D eigenvalue weighted by molar-refractivity contribution is 0.0422. The van der Waals surface area contributed by atoms with E-state index in [-0.39, 0.29) is 30.8 Å². The summed E-state index contributed by atoms with van der Waals surface area (Å²) in [5, 5.41) is 12.3. The van der Waals surface area contributed by atoms with Crippen LogP contribution in [0.2, 0.25) is 0 Å². The summed E-state index contributed by atoms with van der Waals surface area (Å²) in [6.45, 7) is 0.813. The lowest BCUT2D eigenvalue weighted by Crippen LogP contribution is -2.52. The summed E-state index contributed by atoms with van der Waals surface area (Å²) in [6, 6.07) is 0.0753. The van der Waals surface area contributed by atoms with E-state index in [0.717, 1.165) is 38.6 Å². The average Bonchev–Trinajstić information content (AvgIpc) is 2.87. The molecule has 104 valence electrons. The van der Waals surface area contributed by atoms with Crippen molar-refractivity contribution in [2.75, 3.05) is 20.3 Å². The van der Waals surface area contributed by atoms with Crippen molar-refractivity contribution in [2.45, 2.75) is 56.7 Å². The highest BCUT2D eigenvalue weighted by atomic mass is 16.5. The van der Waals surface area contributed by atoms with Crippen LogP contribution in [0.3, 0.4) is 0 Å². The highest BCUT2D eigenvalue weighted by molar-refractivity contribution is 5.75. The highest BCUT2D eigenvalue weighted by Gasteiger charge is 2.32. The van der Waals surface area contributed by atoms with Gasteiger partial charge in [0.05, 0.1) is 24.8 Å². The van der Waals surface area contributed by atoms with Gasteiger partial charge in [0.1, 0.15) is 0 Å². The molecule has 1 saturated heterocycles. The number of carbonyl (C=O) groups is 1. The molecule has 0 bridgehead atoms. The molecule has 2 unspecified atom stereocenters. The molecule has 2 N–H and O–H groups in total. The molecule has 0 aromatic heterocycles. The Labute approximate surface area is 108 Å². The third-order valence-electron chi connectivity index (χ3n) is 4.16. The van der Waals surface area contributed by atoms with E-state index in [1.807, 2.05) is 0 Å². The Bertz CT molecular complexity index is 285. The number of ether oxygens (including phenoxy) is 1. The van der Waals surface area contributed by atoms with Gasteiger partial charge in [-0.15, -0.1) is 0 Å². The number of amides is 2. The largest absolute Gasteiger partial charge is 0.394 e. The topological polar surface area (TPSA) is 61.8 Å². The Kier molecular flexibility index (Phi) is 4.83. The van der Waals surface area contributed by atoms with Crippen molar-refractivity contribution in [3.05, 3.63) is 0 Å². The number of hydrogen-bond acceptors (Lipinski definition) is 3. The Morgan fingerprint density at radius 2 is 2.11 bits per heavy atom. The van der Waals surface area contributed by atoms with E-state index in [1.54, 1.807) is 12.0 Å². The maximum Gasteiger partial charge on any atom is 0.318 e. The van der Waals surface area contributed by atoms with Crippen molar-refractivity contribution in [2.24, 2.45) is 0 Å². The van der Waals surface area contributed by atoms with Crippen molar-refractivity contribution >= 4 is 6.03 Å². The van der Waals surface area contributed by atoms with Crippen LogP contribution in [0.1, 0.15) is 38.5 Å². The number of aliphatic hydroxyl groups is 1. The Morgan fingerprint density at radius 1 is 1.33 bits per heavy atom. The minimum absolute atomic E-state index is 0.00501. The van der Waals surface area contributed by atoms with Gasteiger partial charge in [-0.05, 0) is 25.7 Å². The van der Waals surface area contributed by atoms with Crippen molar-refractivity contribution in [3.63, 3.8) is 0 Å². The normalized spacial score (nSPS) is 32.6. The SMILES string of the molecule is COC1CCCCC1NC(=O)N1CCC[C@H]1CO. The fourth-order valence-electron chi connectivity index (χ4n) is 3.08. The predicted molar refractivity (Wildman–Crippen MR) is 68.4 cm³/mol. The lowest BCUT2D eigenvalue weighted by Gasteiger charge is -2.33. The van der Waals surface area contributed by atoms with Crippen LogP contribution in [0.5, 0.6) is 0 Å². The van der Waals surface area contributed by atoms with E-state index < -0.39 is 0 Å². The molecule has 0 spiro atoms. The monoisotopic (exact) mass is 256 g/mol. The molecule has 1 aliphatic carbocycles. The summed E-state index contributed by atoms with van der Waals surface area (Å²) in [6.07, 6.45) is 6.35. The first-order valence-corrected chi connectivity index (χ1v) is 6.97. The Balaban J connectivity index is 1.89. The second kappa shape index (κ2) is 6.38. The van der Waals surface area contributed by atoms with Crippen LogP contribution < -0.4 is 5.32 Å². The fourth-order valence-corrected chi connectivity index (χ4v) is 3.08. The molecular weight excluding hydrogens is 232 g/mol. The third kappa shape index (κ3) is 2.95. The maximum atomic E-state index is 12.2. The average molecular weight is 256 g/mol. The van der Waals surface area contributed by atoms with E-state index >= 15 is 0 Å². The maximum absolute atomic E-state index is 12.2. The van der Waals surface area contributed by atoms with Gasteiger partial charge in [0.15, 0.2) is 0 Å². The molecule has 2 amide bonds. The third-order valence-corrected chi connectivity index (χ3v) is 4.16. The van der Waals surface area contributed by atoms with Gasteiger partial charge in [0, 0.05) is 13.7 Å². The Morgan fingerprint density at radius 3 is 2.83 bits per heavy atom. The number of rotatable bonds is 3. The zero-order chi connectivity index (χ0) is 13.0. The molecule has 0 aromatic carbocycles. The van der Waals surface area contributed by atoms with Gasteiger partial charge in [0.25, 0.3) is 0 Å². The van der Waals surface area contributed by atoms with Crippen LogP contribution in [0.15, 0.2) is 0 Å². The van der Waals surface area contributed by atoms with Crippen LogP contribution in [-0.2, 0) is 4.74 Å². The van der Waals surface area contributed by atoms with E-state index in [9.17, 15) is 9.90 Å². The Hall–Kier alpha value is -0.810. The van der Waals surface area contributed by atoms with E-state index in [2.05, 4.69) is 5.32 Å². The van der Waals surface area contributed by atoms with E-state index in [0.29, 0.717) is 0 Å². The van der Waals surface area contributed by atoms with Crippen LogP contribution >= 0.6 is 0 Å². The van der Waals surface area contributed by atoms with Crippen LogP contribution in [0.25, 0.3) is 0 Å². The van der Waals surface area contributed by atoms with Crippen molar-refractivity contribution < 1.29 is 14.6 Å². The quantitative estimate of drug-likeness (QED) is 0.795. The summed E-state index contributed by atoms with van der Waals surface area (Å²) in [5.74, 6) is 0. The molecule has 3 atom stereocenters. The standard InChI is InChI=1S/C13H24N2O3/c1-18-12-7-3-2-6-11(12)14-13(17)15-8-4-5-10(15)9-16/h10-12,16H,2-9H2,1H3,(H,14,17)/t10-,11?,12?/m0/s1. The van der Waals surface area contributed by atoms with Gasteiger partial charge in [-0.1, -0.05) is 12.8 Å². The summed E-state index contributed by atoms with van der Waals surface area (Å²) in [7, 11) is 1.71. The van der Waals surface area contributed by atoms with Gasteiger partial charge >= 0.3 is 6.03 Å². The molecule has 5 heteroatoms. The second-order valence-electron chi connectivity index (χ2n) is 5.29. The summed E-state index contributed by atoms with van der Waals surface area (Å²) in [4.78, 5) is 14.0. The van der Waals surface area contributed by atoms with Gasteiger partial charge in [0.2, 0.25) is 0 Å². The molecule has 1 saturated carbocycles. The van der Waals surface area contributed by atoms with Gasteiger partial charge < -0.3 is 20.1 Å². The molecule has 2 fully saturated rings. The molecule has 0 aromatic rings. The molecule has 1 heterocycles. The number of likely N-dealkylation sites (tertiary alicyclic amines) is 1. The number of nitrogens with one attached hydrogen (secondary N) is 1. The molecular formula is C13H24N2O3. The van der Waals surface area contributed by atoms with Gasteiger partial charge in [-0.3, -0.25) is 0 Å². The number of hydrogen-bond donors (Lipinski definition) is 2. The highest BCUT2D eigenvalue weighted by Crippen LogP contribution is 2.22.